The van der Waals surface area contributed by atoms with E-state index in [0.29, 0.717) is 12.5 Å². The van der Waals surface area contributed by atoms with Crippen LogP contribution < -0.4 is 5.32 Å². The number of hydrogen-bond donors (Lipinski definition) is 2. The van der Waals surface area contributed by atoms with Gasteiger partial charge in [-0.05, 0) is 54.6 Å². The summed E-state index contributed by atoms with van der Waals surface area (Å²) in [6, 6.07) is 15.1. The Morgan fingerprint density at radius 2 is 1.86 bits per heavy atom. The highest BCUT2D eigenvalue weighted by Gasteiger charge is 2.24. The molecule has 1 aliphatic rings. The number of piperidine rings is 1. The largest absolute Gasteiger partial charge is 0.465 e. The topological polar surface area (TPSA) is 72.9 Å². The third kappa shape index (κ3) is 5.45. The molecular weight excluding hydrogens is 354 g/mol. The number of hydrogen-bond acceptors (Lipinski definition) is 3. The van der Waals surface area contributed by atoms with Crippen molar-refractivity contribution in [2.45, 2.75) is 19.3 Å². The second-order valence-electron chi connectivity index (χ2n) is 7.55. The number of likely N-dealkylation sites (N-methyl/N-ethyl adjacent to an activating group) is 1. The lowest BCUT2D eigenvalue weighted by atomic mass is 9.95. The van der Waals surface area contributed by atoms with E-state index >= 15 is 0 Å². The quantitative estimate of drug-likeness (QED) is 0.771. The molecular formula is C22H29N3O3. The van der Waals surface area contributed by atoms with Crippen LogP contribution in [-0.2, 0) is 11.2 Å². The highest BCUT2D eigenvalue weighted by atomic mass is 16.4. The van der Waals surface area contributed by atoms with Gasteiger partial charge in [0.15, 0.2) is 0 Å². The van der Waals surface area contributed by atoms with Gasteiger partial charge in [0.2, 0.25) is 5.91 Å². The first kappa shape index (κ1) is 20.1. The number of nitrogens with one attached hydrogen (secondary N) is 1. The second kappa shape index (κ2) is 9.55. The molecule has 1 fully saturated rings. The van der Waals surface area contributed by atoms with Crippen molar-refractivity contribution in [2.24, 2.45) is 5.92 Å². The van der Waals surface area contributed by atoms with Crippen molar-refractivity contribution in [3.63, 3.8) is 0 Å². The third-order valence-corrected chi connectivity index (χ3v) is 5.60. The van der Waals surface area contributed by atoms with E-state index in [1.54, 1.807) is 0 Å². The summed E-state index contributed by atoms with van der Waals surface area (Å²) in [5.41, 5.74) is 1.35. The molecule has 0 unspecified atom stereocenters. The minimum atomic E-state index is -1.03. The van der Waals surface area contributed by atoms with Crippen LogP contribution in [0.1, 0.15) is 18.4 Å². The molecule has 0 aliphatic carbocycles. The van der Waals surface area contributed by atoms with Crippen molar-refractivity contribution in [1.29, 1.82) is 0 Å². The summed E-state index contributed by atoms with van der Waals surface area (Å²) >= 11 is 0. The Balaban J connectivity index is 1.45. The monoisotopic (exact) mass is 383 g/mol. The first-order valence-corrected chi connectivity index (χ1v) is 9.93. The Kier molecular flexibility index (Phi) is 6.87. The Hall–Kier alpha value is -2.60. The number of benzene rings is 2. The molecule has 6 nitrogen and oxygen atoms in total. The summed E-state index contributed by atoms with van der Waals surface area (Å²) in [5, 5.41) is 14.4. The molecule has 1 aliphatic heterocycles. The smallest absolute Gasteiger partial charge is 0.407 e. The van der Waals surface area contributed by atoms with Crippen LogP contribution in [0.2, 0.25) is 0 Å². The fourth-order valence-electron chi connectivity index (χ4n) is 3.85. The minimum Gasteiger partial charge on any atom is -0.465 e. The van der Waals surface area contributed by atoms with Crippen molar-refractivity contribution in [2.75, 3.05) is 39.8 Å². The van der Waals surface area contributed by atoms with Gasteiger partial charge in [-0.2, -0.15) is 0 Å². The average Bonchev–Trinajstić information content (AvgIpc) is 2.72. The highest BCUT2D eigenvalue weighted by Crippen LogP contribution is 2.20. The van der Waals surface area contributed by atoms with Crippen LogP contribution >= 0.6 is 0 Å². The molecule has 28 heavy (non-hydrogen) atoms. The zero-order valence-electron chi connectivity index (χ0n) is 16.4. The number of likely N-dealkylation sites (tertiary alicyclic amines) is 1. The molecule has 150 valence electrons. The molecule has 0 aromatic heterocycles. The molecule has 0 spiro atoms. The number of nitrogens with zero attached hydrogens (tertiary/aromatic N) is 2. The average molecular weight is 383 g/mol. The fraction of sp³-hybridized carbons (Fsp3) is 0.455. The zero-order valence-corrected chi connectivity index (χ0v) is 16.4. The van der Waals surface area contributed by atoms with Crippen molar-refractivity contribution >= 4 is 22.8 Å². The minimum absolute atomic E-state index is 0.0893. The SMILES string of the molecule is CNC(=O)CN(CC1CCN(CCc2ccc3ccccc3c2)CC1)C(=O)O. The lowest BCUT2D eigenvalue weighted by Gasteiger charge is -2.34. The third-order valence-electron chi connectivity index (χ3n) is 5.60. The zero-order chi connectivity index (χ0) is 19.9. The molecule has 2 aromatic carbocycles. The van der Waals surface area contributed by atoms with Gasteiger partial charge in [0, 0.05) is 20.1 Å². The Labute approximate surface area is 166 Å². The Morgan fingerprint density at radius 1 is 1.14 bits per heavy atom. The van der Waals surface area contributed by atoms with Gasteiger partial charge in [0.25, 0.3) is 0 Å². The highest BCUT2D eigenvalue weighted by molar-refractivity contribution is 5.83. The maximum absolute atomic E-state index is 11.5. The molecule has 1 heterocycles. The van der Waals surface area contributed by atoms with E-state index in [1.165, 1.54) is 28.3 Å². The lowest BCUT2D eigenvalue weighted by molar-refractivity contribution is -0.121. The van der Waals surface area contributed by atoms with Crippen LogP contribution in [0.5, 0.6) is 0 Å². The molecule has 0 bridgehead atoms. The van der Waals surface area contributed by atoms with Gasteiger partial charge in [-0.25, -0.2) is 4.79 Å². The molecule has 2 amide bonds. The Bertz CT molecular complexity index is 816. The number of carboxylic acid groups (broad SMARTS) is 1. The molecule has 1 saturated heterocycles. The first-order valence-electron chi connectivity index (χ1n) is 9.93. The maximum Gasteiger partial charge on any atom is 0.407 e. The van der Waals surface area contributed by atoms with Gasteiger partial charge >= 0.3 is 6.09 Å². The molecule has 0 saturated carbocycles. The number of fused-ring (bicyclic) bond motifs is 1. The summed E-state index contributed by atoms with van der Waals surface area (Å²) in [5.74, 6) is 0.0490. The summed E-state index contributed by atoms with van der Waals surface area (Å²) in [6.45, 7) is 3.32. The van der Waals surface area contributed by atoms with E-state index in [-0.39, 0.29) is 12.5 Å². The molecule has 3 rings (SSSR count). The van der Waals surface area contributed by atoms with E-state index in [4.69, 9.17) is 0 Å². The summed E-state index contributed by atoms with van der Waals surface area (Å²) < 4.78 is 0. The number of rotatable bonds is 7. The maximum atomic E-state index is 11.5. The van der Waals surface area contributed by atoms with E-state index in [0.717, 1.165) is 38.9 Å². The fourth-order valence-corrected chi connectivity index (χ4v) is 3.85. The number of carbonyl (C=O) groups excluding carboxylic acids is 1. The molecule has 2 aromatic rings. The first-order chi connectivity index (χ1) is 13.5. The van der Waals surface area contributed by atoms with E-state index < -0.39 is 6.09 Å². The summed E-state index contributed by atoms with van der Waals surface area (Å²) in [4.78, 5) is 26.6. The van der Waals surface area contributed by atoms with Gasteiger partial charge < -0.3 is 15.3 Å². The van der Waals surface area contributed by atoms with Crippen LogP contribution in [0.4, 0.5) is 4.79 Å². The predicted molar refractivity (Wildman–Crippen MR) is 110 cm³/mol. The summed E-state index contributed by atoms with van der Waals surface area (Å²) in [7, 11) is 1.52. The number of amides is 2. The van der Waals surface area contributed by atoms with Gasteiger partial charge in [0.1, 0.15) is 6.54 Å². The van der Waals surface area contributed by atoms with E-state index in [2.05, 4.69) is 52.7 Å². The molecule has 0 radical (unpaired) electrons. The van der Waals surface area contributed by atoms with Crippen LogP contribution in [0.25, 0.3) is 10.8 Å². The van der Waals surface area contributed by atoms with Crippen LogP contribution in [-0.4, -0.2) is 66.7 Å². The molecule has 2 N–H and O–H groups in total. The van der Waals surface area contributed by atoms with Crippen molar-refractivity contribution in [3.8, 4) is 0 Å². The van der Waals surface area contributed by atoms with E-state index in [1.807, 2.05) is 0 Å². The van der Waals surface area contributed by atoms with Gasteiger partial charge in [-0.1, -0.05) is 42.5 Å². The van der Waals surface area contributed by atoms with Crippen LogP contribution in [0.15, 0.2) is 42.5 Å². The van der Waals surface area contributed by atoms with Crippen LogP contribution in [0, 0.1) is 5.92 Å². The van der Waals surface area contributed by atoms with E-state index in [9.17, 15) is 14.7 Å². The predicted octanol–water partition coefficient (Wildman–Crippen LogP) is 2.82. The lowest BCUT2D eigenvalue weighted by Crippen LogP contribution is -2.44. The number of carbonyl (C=O) groups is 2. The van der Waals surface area contributed by atoms with Crippen molar-refractivity contribution < 1.29 is 14.7 Å². The summed E-state index contributed by atoms with van der Waals surface area (Å²) in [6.07, 6.45) is 1.93. The van der Waals surface area contributed by atoms with Crippen molar-refractivity contribution in [3.05, 3.63) is 48.0 Å². The second-order valence-corrected chi connectivity index (χ2v) is 7.55. The molecule has 6 heteroatoms. The van der Waals surface area contributed by atoms with Crippen molar-refractivity contribution in [1.82, 2.24) is 15.1 Å². The van der Waals surface area contributed by atoms with Gasteiger partial charge in [0.05, 0.1) is 0 Å². The standard InChI is InChI=1S/C22H29N3O3/c1-23-21(26)16-25(22(27)28)15-18-9-12-24(13-10-18)11-8-17-6-7-19-4-2-3-5-20(19)14-17/h2-7,14,18H,8-13,15-16H2,1H3,(H,23,26)(H,27,28). The normalized spacial score (nSPS) is 15.5. The van der Waals surface area contributed by atoms with Crippen LogP contribution in [0.3, 0.4) is 0 Å². The van der Waals surface area contributed by atoms with Gasteiger partial charge in [-0.15, -0.1) is 0 Å². The van der Waals surface area contributed by atoms with Gasteiger partial charge in [-0.3, -0.25) is 9.69 Å². The molecule has 0 atom stereocenters. The Morgan fingerprint density at radius 3 is 2.54 bits per heavy atom.